The van der Waals surface area contributed by atoms with Crippen LogP contribution in [0, 0.1) is 0 Å². The van der Waals surface area contributed by atoms with Gasteiger partial charge in [-0.25, -0.2) is 0 Å². The van der Waals surface area contributed by atoms with E-state index in [2.05, 4.69) is 43.4 Å². The van der Waals surface area contributed by atoms with Gasteiger partial charge >= 0.3 is 5.97 Å². The molecular weight excluding hydrogens is 286 g/mol. The smallest absolute Gasteiger partial charge is 0.320 e. The molecule has 0 amide bonds. The molecule has 0 spiro atoms. The lowest BCUT2D eigenvalue weighted by Crippen LogP contribution is -2.29. The van der Waals surface area contributed by atoms with E-state index >= 15 is 0 Å². The lowest BCUT2D eigenvalue weighted by molar-refractivity contribution is -0.138. The summed E-state index contributed by atoms with van der Waals surface area (Å²) in [4.78, 5) is 10.5. The Kier molecular flexibility index (Phi) is 15.6. The van der Waals surface area contributed by atoms with Gasteiger partial charge in [-0.1, -0.05) is 68.4 Å². The summed E-state index contributed by atoms with van der Waals surface area (Å²) in [5.41, 5.74) is 5.42. The zero-order chi connectivity index (χ0) is 17.2. The van der Waals surface area contributed by atoms with Crippen LogP contribution in [-0.2, 0) is 4.79 Å². The molecule has 3 heteroatoms. The molecule has 1 atom stereocenters. The van der Waals surface area contributed by atoms with Crippen LogP contribution in [0.25, 0.3) is 0 Å². The van der Waals surface area contributed by atoms with Gasteiger partial charge in [0.1, 0.15) is 6.04 Å². The molecule has 0 saturated carbocycles. The molecule has 0 aromatic rings. The molecule has 0 radical (unpaired) electrons. The number of hydrogen-bond acceptors (Lipinski definition) is 2. The Labute approximate surface area is 141 Å². The van der Waals surface area contributed by atoms with E-state index in [1.165, 1.54) is 25.7 Å². The highest BCUT2D eigenvalue weighted by Gasteiger charge is 2.08. The summed E-state index contributed by atoms with van der Waals surface area (Å²) in [6.07, 6.45) is 26.4. The second-order valence-electron chi connectivity index (χ2n) is 5.61. The Morgan fingerprint density at radius 1 is 0.870 bits per heavy atom. The van der Waals surface area contributed by atoms with Crippen LogP contribution in [-0.4, -0.2) is 17.1 Å². The van der Waals surface area contributed by atoms with Gasteiger partial charge in [0.25, 0.3) is 0 Å². The molecule has 0 bridgehead atoms. The molecule has 0 heterocycles. The average Bonchev–Trinajstić information content (AvgIpc) is 2.54. The predicted molar refractivity (Wildman–Crippen MR) is 99.4 cm³/mol. The maximum absolute atomic E-state index is 10.5. The lowest BCUT2D eigenvalue weighted by Gasteiger charge is -2.01. The van der Waals surface area contributed by atoms with Gasteiger partial charge < -0.3 is 10.8 Å². The van der Waals surface area contributed by atoms with Crippen molar-refractivity contribution in [1.82, 2.24) is 0 Å². The summed E-state index contributed by atoms with van der Waals surface area (Å²) in [6.45, 7) is 2.23. The number of allylic oxidation sites excluding steroid dienone is 8. The molecule has 0 aromatic heterocycles. The number of unbranched alkanes of at least 4 members (excludes halogenated alkanes) is 3. The van der Waals surface area contributed by atoms with Crippen LogP contribution in [0.3, 0.4) is 0 Å². The number of hydrogen-bond donors (Lipinski definition) is 2. The zero-order valence-electron chi connectivity index (χ0n) is 14.5. The van der Waals surface area contributed by atoms with Crippen LogP contribution < -0.4 is 5.73 Å². The normalized spacial score (nSPS) is 13.8. The van der Waals surface area contributed by atoms with Gasteiger partial charge in [-0.3, -0.25) is 4.79 Å². The molecule has 0 saturated heterocycles. The summed E-state index contributed by atoms with van der Waals surface area (Å²) in [5, 5.41) is 8.64. The zero-order valence-corrected chi connectivity index (χ0v) is 14.5. The maximum Gasteiger partial charge on any atom is 0.320 e. The maximum atomic E-state index is 10.5. The van der Waals surface area contributed by atoms with E-state index in [9.17, 15) is 4.79 Å². The Hall–Kier alpha value is -1.61. The fourth-order valence-corrected chi connectivity index (χ4v) is 1.96. The SMILES string of the molecule is CCCCCC=CCC=CCC=CCC=CCCC(N)C(=O)O. The Balaban J connectivity index is 3.49. The quantitative estimate of drug-likeness (QED) is 0.343. The molecule has 0 rings (SSSR count). The Morgan fingerprint density at radius 3 is 1.83 bits per heavy atom. The Bertz CT molecular complexity index is 394. The third kappa shape index (κ3) is 16.6. The third-order valence-electron chi connectivity index (χ3n) is 3.42. The second-order valence-corrected chi connectivity index (χ2v) is 5.61. The molecule has 3 nitrogen and oxygen atoms in total. The first-order chi connectivity index (χ1) is 11.2. The topological polar surface area (TPSA) is 63.3 Å². The van der Waals surface area contributed by atoms with Gasteiger partial charge in [0.15, 0.2) is 0 Å². The largest absolute Gasteiger partial charge is 0.480 e. The van der Waals surface area contributed by atoms with Crippen molar-refractivity contribution in [2.45, 2.75) is 70.8 Å². The molecule has 130 valence electrons. The van der Waals surface area contributed by atoms with Crippen molar-refractivity contribution < 1.29 is 9.90 Å². The van der Waals surface area contributed by atoms with Gasteiger partial charge in [0.2, 0.25) is 0 Å². The minimum absolute atomic E-state index is 0.490. The third-order valence-corrected chi connectivity index (χ3v) is 3.42. The highest BCUT2D eigenvalue weighted by Crippen LogP contribution is 2.01. The van der Waals surface area contributed by atoms with Crippen LogP contribution in [0.4, 0.5) is 0 Å². The van der Waals surface area contributed by atoms with E-state index < -0.39 is 12.0 Å². The average molecular weight is 319 g/mol. The van der Waals surface area contributed by atoms with Crippen molar-refractivity contribution in [1.29, 1.82) is 0 Å². The second kappa shape index (κ2) is 16.8. The van der Waals surface area contributed by atoms with Crippen molar-refractivity contribution in [2.24, 2.45) is 5.73 Å². The van der Waals surface area contributed by atoms with Crippen LogP contribution in [0.1, 0.15) is 64.7 Å². The first kappa shape index (κ1) is 21.4. The van der Waals surface area contributed by atoms with Crippen molar-refractivity contribution in [3.05, 3.63) is 48.6 Å². The molecule has 0 aromatic carbocycles. The van der Waals surface area contributed by atoms with Crippen LogP contribution in [0.5, 0.6) is 0 Å². The molecular formula is C20H33NO2. The van der Waals surface area contributed by atoms with Crippen molar-refractivity contribution in [2.75, 3.05) is 0 Å². The number of nitrogens with two attached hydrogens (primary N) is 1. The number of carbonyl (C=O) groups is 1. The monoisotopic (exact) mass is 319 g/mol. The molecule has 0 aliphatic carbocycles. The highest BCUT2D eigenvalue weighted by molar-refractivity contribution is 5.72. The standard InChI is InChI=1S/C20H33NO2/c1-2-3-4-5-6-7-8-9-10-11-12-13-14-15-16-17-18-19(21)20(22)23/h6-7,9-10,12-13,15-16,19H,2-5,8,11,14,17-18,21H2,1H3,(H,22,23). The molecule has 1 unspecified atom stereocenters. The minimum atomic E-state index is -0.930. The number of rotatable bonds is 14. The van der Waals surface area contributed by atoms with Crippen molar-refractivity contribution in [3.63, 3.8) is 0 Å². The van der Waals surface area contributed by atoms with E-state index in [0.29, 0.717) is 12.8 Å². The van der Waals surface area contributed by atoms with Gasteiger partial charge in [0, 0.05) is 0 Å². The predicted octanol–water partition coefficient (Wildman–Crippen LogP) is 5.15. The fraction of sp³-hybridized carbons (Fsp3) is 0.550. The van der Waals surface area contributed by atoms with Crippen molar-refractivity contribution in [3.8, 4) is 0 Å². The van der Waals surface area contributed by atoms with E-state index in [1.54, 1.807) is 0 Å². The Morgan fingerprint density at radius 2 is 1.35 bits per heavy atom. The van der Waals surface area contributed by atoms with E-state index in [1.807, 2.05) is 12.2 Å². The van der Waals surface area contributed by atoms with Gasteiger partial charge in [-0.05, 0) is 44.9 Å². The van der Waals surface area contributed by atoms with Gasteiger partial charge in [0.05, 0.1) is 0 Å². The summed E-state index contributed by atoms with van der Waals surface area (Å²) >= 11 is 0. The summed E-state index contributed by atoms with van der Waals surface area (Å²) in [5.74, 6) is -0.930. The van der Waals surface area contributed by atoms with Gasteiger partial charge in [-0.2, -0.15) is 0 Å². The molecule has 0 fully saturated rings. The van der Waals surface area contributed by atoms with Gasteiger partial charge in [-0.15, -0.1) is 0 Å². The highest BCUT2D eigenvalue weighted by atomic mass is 16.4. The molecule has 3 N–H and O–H groups in total. The summed E-state index contributed by atoms with van der Waals surface area (Å²) in [7, 11) is 0. The van der Waals surface area contributed by atoms with Crippen LogP contribution in [0.15, 0.2) is 48.6 Å². The first-order valence-corrected chi connectivity index (χ1v) is 8.76. The number of carboxylic acid groups (broad SMARTS) is 1. The molecule has 23 heavy (non-hydrogen) atoms. The van der Waals surface area contributed by atoms with E-state index in [0.717, 1.165) is 19.3 Å². The van der Waals surface area contributed by atoms with E-state index in [-0.39, 0.29) is 0 Å². The van der Waals surface area contributed by atoms with Crippen LogP contribution in [0.2, 0.25) is 0 Å². The minimum Gasteiger partial charge on any atom is -0.480 e. The van der Waals surface area contributed by atoms with E-state index in [4.69, 9.17) is 10.8 Å². The van der Waals surface area contributed by atoms with Crippen molar-refractivity contribution >= 4 is 5.97 Å². The number of carboxylic acids is 1. The summed E-state index contributed by atoms with van der Waals surface area (Å²) in [6, 6.07) is -0.749. The lowest BCUT2D eigenvalue weighted by atomic mass is 10.1. The summed E-state index contributed by atoms with van der Waals surface area (Å²) < 4.78 is 0. The number of aliphatic carboxylic acids is 1. The van der Waals surface area contributed by atoms with Crippen LogP contribution >= 0.6 is 0 Å². The molecule has 0 aliphatic heterocycles. The fourth-order valence-electron chi connectivity index (χ4n) is 1.96. The first-order valence-electron chi connectivity index (χ1n) is 8.76. The molecule has 0 aliphatic rings.